The first-order chi connectivity index (χ1) is 11.4. The van der Waals surface area contributed by atoms with Crippen LogP contribution >= 0.6 is 11.3 Å². The minimum absolute atomic E-state index is 0.149. The lowest BCUT2D eigenvalue weighted by Gasteiger charge is -2.31. The zero-order valence-electron chi connectivity index (χ0n) is 15.3. The van der Waals surface area contributed by atoms with Crippen molar-refractivity contribution < 1.29 is 4.79 Å². The van der Waals surface area contributed by atoms with Crippen LogP contribution in [0.1, 0.15) is 72.7 Å². The van der Waals surface area contributed by atoms with Crippen molar-refractivity contribution in [2.75, 3.05) is 7.05 Å². The molecule has 24 heavy (non-hydrogen) atoms. The molecule has 1 fully saturated rings. The second kappa shape index (κ2) is 6.71. The molecule has 1 aliphatic carbocycles. The Bertz CT molecular complexity index is 789. The van der Waals surface area contributed by atoms with E-state index in [1.807, 2.05) is 25.8 Å². The van der Waals surface area contributed by atoms with Gasteiger partial charge in [-0.2, -0.15) is 0 Å². The molecule has 2 heterocycles. The first-order valence-corrected chi connectivity index (χ1v) is 9.62. The summed E-state index contributed by atoms with van der Waals surface area (Å²) >= 11 is 1.52. The fourth-order valence-corrected chi connectivity index (χ4v) is 4.77. The Morgan fingerprint density at radius 3 is 2.54 bits per heavy atom. The number of carbonyl (C=O) groups is 1. The fraction of sp³-hybridized carbons (Fsp3) is 0.579. The van der Waals surface area contributed by atoms with Crippen LogP contribution in [0.3, 0.4) is 0 Å². The highest BCUT2D eigenvalue weighted by Crippen LogP contribution is 2.30. The predicted molar refractivity (Wildman–Crippen MR) is 101 cm³/mol. The highest BCUT2D eigenvalue weighted by Gasteiger charge is 2.27. The topological polar surface area (TPSA) is 37.6 Å². The van der Waals surface area contributed by atoms with Crippen LogP contribution in [0.2, 0.25) is 0 Å². The maximum atomic E-state index is 13.0. The maximum absolute atomic E-state index is 13.0. The van der Waals surface area contributed by atoms with Crippen LogP contribution in [-0.4, -0.2) is 33.3 Å². The van der Waals surface area contributed by atoms with Crippen LogP contribution in [-0.2, 0) is 0 Å². The van der Waals surface area contributed by atoms with Crippen molar-refractivity contribution in [3.63, 3.8) is 0 Å². The number of amides is 1. The molecule has 0 saturated heterocycles. The molecule has 1 saturated carbocycles. The number of allylic oxidation sites excluding steroid dienone is 1. The van der Waals surface area contributed by atoms with Crippen LogP contribution in [0, 0.1) is 13.8 Å². The molecule has 5 heteroatoms. The lowest BCUT2D eigenvalue weighted by atomic mass is 9.94. The molecule has 0 radical (unpaired) electrons. The molecule has 0 bridgehead atoms. The fourth-order valence-electron chi connectivity index (χ4n) is 3.61. The molecule has 0 aliphatic heterocycles. The normalized spacial score (nSPS) is 15.7. The van der Waals surface area contributed by atoms with Gasteiger partial charge >= 0.3 is 0 Å². The molecule has 0 atom stereocenters. The van der Waals surface area contributed by atoms with Crippen molar-refractivity contribution in [2.45, 2.75) is 65.8 Å². The number of thiazole rings is 1. The minimum atomic E-state index is 0.149. The third-order valence-corrected chi connectivity index (χ3v) is 6.12. The summed E-state index contributed by atoms with van der Waals surface area (Å²) in [5.74, 6) is 0.149. The Labute approximate surface area is 148 Å². The monoisotopic (exact) mass is 345 g/mol. The van der Waals surface area contributed by atoms with Crippen LogP contribution in [0.15, 0.2) is 5.57 Å². The van der Waals surface area contributed by atoms with Gasteiger partial charge in [0.05, 0.1) is 11.4 Å². The summed E-state index contributed by atoms with van der Waals surface area (Å²) in [5.41, 5.74) is 4.36. The molecule has 0 spiro atoms. The molecule has 0 N–H and O–H groups in total. The number of rotatable bonds is 3. The molecule has 1 amide bonds. The number of aromatic nitrogens is 2. The van der Waals surface area contributed by atoms with Crippen molar-refractivity contribution >= 4 is 28.3 Å². The predicted octanol–water partition coefficient (Wildman–Crippen LogP) is 4.84. The SMILES string of the molecule is CC(C)=Cc1c(C)nc2sc(C(=O)N(C)C3CCCCC3)c(C)n12. The third kappa shape index (κ3) is 3.02. The van der Waals surface area contributed by atoms with Gasteiger partial charge in [0, 0.05) is 18.8 Å². The van der Waals surface area contributed by atoms with E-state index in [9.17, 15) is 4.79 Å². The van der Waals surface area contributed by atoms with Gasteiger partial charge in [0.2, 0.25) is 0 Å². The van der Waals surface area contributed by atoms with Gasteiger partial charge < -0.3 is 4.90 Å². The van der Waals surface area contributed by atoms with Crippen molar-refractivity contribution in [1.29, 1.82) is 0 Å². The highest BCUT2D eigenvalue weighted by molar-refractivity contribution is 7.19. The first-order valence-electron chi connectivity index (χ1n) is 8.80. The van der Waals surface area contributed by atoms with Crippen LogP contribution in [0.25, 0.3) is 11.0 Å². The van der Waals surface area contributed by atoms with Gasteiger partial charge in [0.15, 0.2) is 4.96 Å². The molecule has 130 valence electrons. The molecule has 2 aromatic rings. The molecule has 4 nitrogen and oxygen atoms in total. The molecule has 2 aromatic heterocycles. The van der Waals surface area contributed by atoms with E-state index in [-0.39, 0.29) is 5.91 Å². The van der Waals surface area contributed by atoms with Gasteiger partial charge in [0.1, 0.15) is 4.88 Å². The average Bonchev–Trinajstić information content (AvgIpc) is 3.03. The molecular formula is C19H27N3OS. The summed E-state index contributed by atoms with van der Waals surface area (Å²) < 4.78 is 2.13. The van der Waals surface area contributed by atoms with Crippen LogP contribution < -0.4 is 0 Å². The van der Waals surface area contributed by atoms with Gasteiger partial charge in [-0.1, -0.05) is 36.2 Å². The molecular weight excluding hydrogens is 318 g/mol. The van der Waals surface area contributed by atoms with Crippen LogP contribution in [0.4, 0.5) is 0 Å². The number of imidazole rings is 1. The standard InChI is InChI=1S/C19H27N3OS/c1-12(2)11-16-13(3)20-19-22(16)14(4)17(24-19)18(23)21(5)15-9-7-6-8-10-15/h11,15H,6-10H2,1-5H3. The zero-order valence-corrected chi connectivity index (χ0v) is 16.2. The second-order valence-electron chi connectivity index (χ2n) is 7.15. The van der Waals surface area contributed by atoms with Gasteiger partial charge in [-0.3, -0.25) is 9.20 Å². The summed E-state index contributed by atoms with van der Waals surface area (Å²) in [5, 5.41) is 0. The molecule has 0 unspecified atom stereocenters. The number of fused-ring (bicyclic) bond motifs is 1. The zero-order chi connectivity index (χ0) is 17.4. The van der Waals surface area contributed by atoms with Gasteiger partial charge in [0.25, 0.3) is 5.91 Å². The quantitative estimate of drug-likeness (QED) is 0.798. The molecule has 3 rings (SSSR count). The average molecular weight is 346 g/mol. The summed E-state index contributed by atoms with van der Waals surface area (Å²) in [6.07, 6.45) is 8.18. The van der Waals surface area contributed by atoms with E-state index in [0.717, 1.165) is 39.8 Å². The van der Waals surface area contributed by atoms with Gasteiger partial charge in [-0.05, 0) is 46.6 Å². The van der Waals surface area contributed by atoms with E-state index in [0.29, 0.717) is 6.04 Å². The summed E-state index contributed by atoms with van der Waals surface area (Å²) in [6.45, 7) is 8.24. The van der Waals surface area contributed by atoms with E-state index < -0.39 is 0 Å². The van der Waals surface area contributed by atoms with Gasteiger partial charge in [-0.25, -0.2) is 4.98 Å². The number of nitrogens with zero attached hydrogens (tertiary/aromatic N) is 3. The van der Waals surface area contributed by atoms with Crippen LogP contribution in [0.5, 0.6) is 0 Å². The van der Waals surface area contributed by atoms with E-state index >= 15 is 0 Å². The van der Waals surface area contributed by atoms with Crippen molar-refractivity contribution in [2.24, 2.45) is 0 Å². The first kappa shape index (κ1) is 17.2. The van der Waals surface area contributed by atoms with E-state index in [1.54, 1.807) is 0 Å². The maximum Gasteiger partial charge on any atom is 0.265 e. The molecule has 1 aliphatic rings. The number of hydrogen-bond donors (Lipinski definition) is 0. The number of aryl methyl sites for hydroxylation is 2. The summed E-state index contributed by atoms with van der Waals surface area (Å²) in [7, 11) is 1.96. The Morgan fingerprint density at radius 2 is 1.92 bits per heavy atom. The Balaban J connectivity index is 1.98. The largest absolute Gasteiger partial charge is 0.338 e. The van der Waals surface area contributed by atoms with E-state index in [4.69, 9.17) is 0 Å². The lowest BCUT2D eigenvalue weighted by Crippen LogP contribution is -2.38. The smallest absolute Gasteiger partial charge is 0.265 e. The van der Waals surface area contributed by atoms with E-state index in [1.165, 1.54) is 36.2 Å². The second-order valence-corrected chi connectivity index (χ2v) is 8.12. The highest BCUT2D eigenvalue weighted by atomic mass is 32.1. The van der Waals surface area contributed by atoms with Crippen molar-refractivity contribution in [3.8, 4) is 0 Å². The Kier molecular flexibility index (Phi) is 4.81. The number of hydrogen-bond acceptors (Lipinski definition) is 3. The minimum Gasteiger partial charge on any atom is -0.338 e. The molecule has 0 aromatic carbocycles. The number of carbonyl (C=O) groups excluding carboxylic acids is 1. The van der Waals surface area contributed by atoms with Crippen molar-refractivity contribution in [1.82, 2.24) is 14.3 Å². The van der Waals surface area contributed by atoms with Crippen molar-refractivity contribution in [3.05, 3.63) is 27.5 Å². The Hall–Kier alpha value is -1.62. The lowest BCUT2D eigenvalue weighted by molar-refractivity contribution is 0.0700. The summed E-state index contributed by atoms with van der Waals surface area (Å²) in [4.78, 5) is 21.4. The third-order valence-electron chi connectivity index (χ3n) is 4.99. The summed E-state index contributed by atoms with van der Waals surface area (Å²) in [6, 6.07) is 0.388. The Morgan fingerprint density at radius 1 is 1.25 bits per heavy atom. The van der Waals surface area contributed by atoms with Gasteiger partial charge in [-0.15, -0.1) is 0 Å². The van der Waals surface area contributed by atoms with E-state index in [2.05, 4.69) is 29.3 Å².